The molecule has 0 aliphatic heterocycles. The third-order valence-corrected chi connectivity index (χ3v) is 4.88. The molecule has 0 aliphatic rings. The fraction of sp³-hybridized carbons (Fsp3) is 0.571. The van der Waals surface area contributed by atoms with Gasteiger partial charge in [-0.25, -0.2) is 13.1 Å². The molecule has 1 unspecified atom stereocenters. The maximum Gasteiger partial charge on any atom is 0.240 e. The molecule has 0 aromatic heterocycles. The lowest BCUT2D eigenvalue weighted by Crippen LogP contribution is -2.41. The maximum absolute atomic E-state index is 12.1. The van der Waals surface area contributed by atoms with Gasteiger partial charge in [-0.1, -0.05) is 38.8 Å². The van der Waals surface area contributed by atoms with Crippen LogP contribution in [0.2, 0.25) is 0 Å². The smallest absolute Gasteiger partial charge is 0.240 e. The molecule has 1 aromatic carbocycles. The van der Waals surface area contributed by atoms with Crippen molar-refractivity contribution in [2.75, 3.05) is 6.54 Å². The normalized spacial score (nSPS) is 13.7. The second kappa shape index (κ2) is 7.03. The summed E-state index contributed by atoms with van der Waals surface area (Å²) in [7, 11) is -3.46. The Labute approximate surface area is 116 Å². The molecule has 1 atom stereocenters. The monoisotopic (exact) mass is 284 g/mol. The van der Waals surface area contributed by atoms with Crippen LogP contribution < -0.4 is 10.5 Å². The number of nitrogens with one attached hydrogen (secondary N) is 1. The topological polar surface area (TPSA) is 72.2 Å². The Balaban J connectivity index is 2.71. The molecule has 0 saturated heterocycles. The highest BCUT2D eigenvalue weighted by atomic mass is 32.2. The van der Waals surface area contributed by atoms with Crippen LogP contribution >= 0.6 is 0 Å². The van der Waals surface area contributed by atoms with Gasteiger partial charge in [-0.05, 0) is 30.5 Å². The molecule has 0 saturated carbocycles. The van der Waals surface area contributed by atoms with Crippen molar-refractivity contribution in [2.45, 2.75) is 44.6 Å². The summed E-state index contributed by atoms with van der Waals surface area (Å²) in [6.07, 6.45) is 1.92. The van der Waals surface area contributed by atoms with Crippen molar-refractivity contribution in [3.05, 3.63) is 29.8 Å². The summed E-state index contributed by atoms with van der Waals surface area (Å²) in [5, 5.41) is 0. The Morgan fingerprint density at radius 2 is 1.89 bits per heavy atom. The van der Waals surface area contributed by atoms with Gasteiger partial charge in [0.25, 0.3) is 0 Å². The van der Waals surface area contributed by atoms with Gasteiger partial charge in [0.1, 0.15) is 0 Å². The largest absolute Gasteiger partial charge is 0.326 e. The number of benzene rings is 1. The van der Waals surface area contributed by atoms with Crippen molar-refractivity contribution in [2.24, 2.45) is 11.7 Å². The zero-order valence-electron chi connectivity index (χ0n) is 11.9. The van der Waals surface area contributed by atoms with Gasteiger partial charge in [-0.3, -0.25) is 0 Å². The van der Waals surface area contributed by atoms with Gasteiger partial charge in [0.2, 0.25) is 10.0 Å². The summed E-state index contributed by atoms with van der Waals surface area (Å²) in [5.74, 6) is 0.347. The number of sulfonamides is 1. The van der Waals surface area contributed by atoms with E-state index in [0.717, 1.165) is 18.4 Å². The lowest BCUT2D eigenvalue weighted by Gasteiger charge is -2.21. The van der Waals surface area contributed by atoms with Crippen LogP contribution in [0, 0.1) is 12.8 Å². The van der Waals surface area contributed by atoms with Crippen LogP contribution in [0.4, 0.5) is 0 Å². The van der Waals surface area contributed by atoms with Gasteiger partial charge in [-0.15, -0.1) is 0 Å². The Morgan fingerprint density at radius 1 is 1.26 bits per heavy atom. The van der Waals surface area contributed by atoms with E-state index >= 15 is 0 Å². The zero-order chi connectivity index (χ0) is 14.5. The van der Waals surface area contributed by atoms with Gasteiger partial charge < -0.3 is 5.73 Å². The molecule has 0 bridgehead atoms. The van der Waals surface area contributed by atoms with E-state index in [1.165, 1.54) is 0 Å². The summed E-state index contributed by atoms with van der Waals surface area (Å²) < 4.78 is 26.8. The first-order chi connectivity index (χ1) is 8.90. The molecule has 0 radical (unpaired) electrons. The first-order valence-corrected chi connectivity index (χ1v) is 8.21. The SMILES string of the molecule is CCC(CC)C(N)CNS(=O)(=O)c1cccc(C)c1. The number of hydrogen-bond acceptors (Lipinski definition) is 3. The van der Waals surface area contributed by atoms with E-state index in [4.69, 9.17) is 5.73 Å². The highest BCUT2D eigenvalue weighted by molar-refractivity contribution is 7.89. The Morgan fingerprint density at radius 3 is 2.42 bits per heavy atom. The van der Waals surface area contributed by atoms with Crippen LogP contribution in [-0.4, -0.2) is 21.0 Å². The zero-order valence-corrected chi connectivity index (χ0v) is 12.7. The third kappa shape index (κ3) is 4.60. The molecule has 1 rings (SSSR count). The summed E-state index contributed by atoms with van der Waals surface area (Å²) in [6.45, 7) is 6.30. The average Bonchev–Trinajstić information content (AvgIpc) is 2.38. The summed E-state index contributed by atoms with van der Waals surface area (Å²) in [5.41, 5.74) is 6.95. The molecule has 0 amide bonds. The summed E-state index contributed by atoms with van der Waals surface area (Å²) >= 11 is 0. The quantitative estimate of drug-likeness (QED) is 0.805. The predicted octanol–water partition coefficient (Wildman–Crippen LogP) is 2.04. The molecule has 3 N–H and O–H groups in total. The van der Waals surface area contributed by atoms with Crippen LogP contribution in [0.1, 0.15) is 32.3 Å². The highest BCUT2D eigenvalue weighted by Gasteiger charge is 2.19. The second-order valence-corrected chi connectivity index (χ2v) is 6.68. The van der Waals surface area contributed by atoms with E-state index in [2.05, 4.69) is 18.6 Å². The van der Waals surface area contributed by atoms with Crippen molar-refractivity contribution in [3.8, 4) is 0 Å². The van der Waals surface area contributed by atoms with Crippen molar-refractivity contribution in [3.63, 3.8) is 0 Å². The maximum atomic E-state index is 12.1. The molecule has 0 heterocycles. The standard InChI is InChI=1S/C14H24N2O2S/c1-4-12(5-2)14(15)10-16-19(17,18)13-8-6-7-11(3)9-13/h6-9,12,14,16H,4-5,10,15H2,1-3H3. The molecule has 0 aliphatic carbocycles. The van der Waals surface area contributed by atoms with Crippen LogP contribution in [0.25, 0.3) is 0 Å². The number of hydrogen-bond donors (Lipinski definition) is 2. The van der Waals surface area contributed by atoms with E-state index in [9.17, 15) is 8.42 Å². The van der Waals surface area contributed by atoms with Crippen LogP contribution in [-0.2, 0) is 10.0 Å². The Kier molecular flexibility index (Phi) is 5.97. The van der Waals surface area contributed by atoms with Crippen LogP contribution in [0.15, 0.2) is 29.2 Å². The number of rotatable bonds is 7. The fourth-order valence-corrected chi connectivity index (χ4v) is 3.31. The van der Waals surface area contributed by atoms with Crippen molar-refractivity contribution < 1.29 is 8.42 Å². The first-order valence-electron chi connectivity index (χ1n) is 6.72. The molecule has 0 fully saturated rings. The van der Waals surface area contributed by atoms with Crippen molar-refractivity contribution >= 4 is 10.0 Å². The van der Waals surface area contributed by atoms with Gasteiger partial charge in [0.15, 0.2) is 0 Å². The summed E-state index contributed by atoms with van der Waals surface area (Å²) in [4.78, 5) is 0.296. The minimum Gasteiger partial charge on any atom is -0.326 e. The molecule has 1 aromatic rings. The minimum absolute atomic E-state index is 0.144. The van der Waals surface area contributed by atoms with Gasteiger partial charge >= 0.3 is 0 Å². The first kappa shape index (κ1) is 16.1. The van der Waals surface area contributed by atoms with Gasteiger partial charge in [0.05, 0.1) is 4.90 Å². The van der Waals surface area contributed by atoms with E-state index in [1.54, 1.807) is 18.2 Å². The average molecular weight is 284 g/mol. The van der Waals surface area contributed by atoms with Crippen molar-refractivity contribution in [1.29, 1.82) is 0 Å². The van der Waals surface area contributed by atoms with Gasteiger partial charge in [-0.2, -0.15) is 0 Å². The lowest BCUT2D eigenvalue weighted by molar-refractivity contribution is 0.392. The van der Waals surface area contributed by atoms with Crippen LogP contribution in [0.5, 0.6) is 0 Å². The molecule has 4 nitrogen and oxygen atoms in total. The van der Waals surface area contributed by atoms with E-state index in [1.807, 2.05) is 13.0 Å². The third-order valence-electron chi connectivity index (χ3n) is 3.46. The molecule has 0 spiro atoms. The predicted molar refractivity (Wildman–Crippen MR) is 78.4 cm³/mol. The molecular weight excluding hydrogens is 260 g/mol. The van der Waals surface area contributed by atoms with E-state index in [0.29, 0.717) is 10.8 Å². The van der Waals surface area contributed by atoms with Gasteiger partial charge in [0, 0.05) is 12.6 Å². The number of nitrogens with two attached hydrogens (primary N) is 1. The second-order valence-electron chi connectivity index (χ2n) is 4.91. The molecular formula is C14H24N2O2S. The molecule has 5 heteroatoms. The highest BCUT2D eigenvalue weighted by Crippen LogP contribution is 2.13. The Bertz CT molecular complexity index is 496. The minimum atomic E-state index is -3.46. The molecule has 108 valence electrons. The lowest BCUT2D eigenvalue weighted by atomic mass is 9.95. The molecule has 19 heavy (non-hydrogen) atoms. The van der Waals surface area contributed by atoms with Crippen LogP contribution in [0.3, 0.4) is 0 Å². The van der Waals surface area contributed by atoms with E-state index in [-0.39, 0.29) is 12.6 Å². The van der Waals surface area contributed by atoms with E-state index < -0.39 is 10.0 Å². The summed E-state index contributed by atoms with van der Waals surface area (Å²) in [6, 6.07) is 6.72. The van der Waals surface area contributed by atoms with Crippen molar-refractivity contribution in [1.82, 2.24) is 4.72 Å². The number of aryl methyl sites for hydroxylation is 1. The Hall–Kier alpha value is -0.910. The fourth-order valence-electron chi connectivity index (χ4n) is 2.13.